The van der Waals surface area contributed by atoms with Gasteiger partial charge in [0.2, 0.25) is 17.7 Å². The number of para-hydroxylation sites is 2. The van der Waals surface area contributed by atoms with Crippen LogP contribution < -0.4 is 4.74 Å². The van der Waals surface area contributed by atoms with E-state index in [2.05, 4.69) is 21.2 Å². The molecule has 30 heavy (non-hydrogen) atoms. The monoisotopic (exact) mass is 402 g/mol. The number of hydrogen-bond acceptors (Lipinski definition) is 5. The van der Waals surface area contributed by atoms with E-state index in [-0.39, 0.29) is 5.91 Å². The fraction of sp³-hybridized carbons (Fsp3) is 0.261. The van der Waals surface area contributed by atoms with Gasteiger partial charge in [0.25, 0.3) is 0 Å². The largest absolute Gasteiger partial charge is 0.491 e. The van der Waals surface area contributed by atoms with Crippen LogP contribution in [0.15, 0.2) is 59.1 Å². The van der Waals surface area contributed by atoms with Crippen LogP contribution in [0, 0.1) is 0 Å². The van der Waals surface area contributed by atoms with Crippen LogP contribution in [0.4, 0.5) is 0 Å². The SMILES string of the molecule is O=C(CCc1nnc(Cc2c[nH]c3ccccc23)o1)N1CCOc2ccccc2C1. The van der Waals surface area contributed by atoms with Crippen LogP contribution in [0.25, 0.3) is 10.9 Å². The molecule has 3 heterocycles. The third-order valence-corrected chi connectivity index (χ3v) is 5.38. The van der Waals surface area contributed by atoms with E-state index in [0.29, 0.717) is 50.7 Å². The molecule has 0 radical (unpaired) electrons. The summed E-state index contributed by atoms with van der Waals surface area (Å²) in [4.78, 5) is 17.8. The van der Waals surface area contributed by atoms with Crippen molar-refractivity contribution in [2.24, 2.45) is 0 Å². The number of nitrogens with one attached hydrogen (secondary N) is 1. The second-order valence-electron chi connectivity index (χ2n) is 7.40. The highest BCUT2D eigenvalue weighted by atomic mass is 16.5. The number of H-pyrrole nitrogens is 1. The molecule has 152 valence electrons. The fourth-order valence-electron chi connectivity index (χ4n) is 3.81. The van der Waals surface area contributed by atoms with E-state index in [1.54, 1.807) is 0 Å². The molecular formula is C23H22N4O3. The van der Waals surface area contributed by atoms with Crippen LogP contribution in [0.1, 0.15) is 29.3 Å². The van der Waals surface area contributed by atoms with E-state index in [9.17, 15) is 4.79 Å². The van der Waals surface area contributed by atoms with E-state index in [1.807, 2.05) is 53.6 Å². The van der Waals surface area contributed by atoms with Crippen LogP contribution in [-0.4, -0.2) is 39.1 Å². The average Bonchev–Trinajstić information content (AvgIpc) is 3.33. The number of carbonyl (C=O) groups excluding carboxylic acids is 1. The number of hydrogen-bond donors (Lipinski definition) is 1. The molecule has 0 unspecified atom stereocenters. The zero-order valence-corrected chi connectivity index (χ0v) is 16.5. The Morgan fingerprint density at radius 3 is 2.87 bits per heavy atom. The highest BCUT2D eigenvalue weighted by Gasteiger charge is 2.20. The standard InChI is InChI=1S/C23H22N4O3/c28-23(27-11-12-29-20-8-4-1-5-16(20)15-27)10-9-21-25-26-22(30-21)13-17-14-24-19-7-3-2-6-18(17)19/h1-8,14,24H,9-13,15H2. The quantitative estimate of drug-likeness (QED) is 0.552. The van der Waals surface area contributed by atoms with Crippen molar-refractivity contribution in [3.63, 3.8) is 0 Å². The molecule has 2 aromatic carbocycles. The van der Waals surface area contributed by atoms with Gasteiger partial charge >= 0.3 is 0 Å². The highest BCUT2D eigenvalue weighted by molar-refractivity contribution is 5.83. The Balaban J connectivity index is 1.20. The second kappa shape index (κ2) is 8.02. The maximum Gasteiger partial charge on any atom is 0.223 e. The molecule has 0 fully saturated rings. The molecule has 7 heteroatoms. The normalized spacial score (nSPS) is 13.7. The number of amides is 1. The maximum absolute atomic E-state index is 12.7. The van der Waals surface area contributed by atoms with Gasteiger partial charge in [-0.2, -0.15) is 0 Å². The third kappa shape index (κ3) is 3.78. The molecule has 0 aliphatic carbocycles. The lowest BCUT2D eigenvalue weighted by Crippen LogP contribution is -2.32. The minimum Gasteiger partial charge on any atom is -0.491 e. The summed E-state index contributed by atoms with van der Waals surface area (Å²) in [7, 11) is 0. The minimum absolute atomic E-state index is 0.0617. The molecule has 2 aromatic heterocycles. The lowest BCUT2D eigenvalue weighted by atomic mass is 10.1. The zero-order chi connectivity index (χ0) is 20.3. The Morgan fingerprint density at radius 1 is 1.07 bits per heavy atom. The van der Waals surface area contributed by atoms with Crippen molar-refractivity contribution in [1.29, 1.82) is 0 Å². The molecule has 0 saturated carbocycles. The molecule has 0 spiro atoms. The maximum atomic E-state index is 12.7. The Morgan fingerprint density at radius 2 is 1.90 bits per heavy atom. The third-order valence-electron chi connectivity index (χ3n) is 5.38. The first-order valence-corrected chi connectivity index (χ1v) is 10.1. The van der Waals surface area contributed by atoms with Gasteiger partial charge in [0.1, 0.15) is 12.4 Å². The van der Waals surface area contributed by atoms with Gasteiger partial charge in [-0.25, -0.2) is 0 Å². The number of aromatic nitrogens is 3. The predicted octanol–water partition coefficient (Wildman–Crippen LogP) is 3.50. The van der Waals surface area contributed by atoms with Crippen LogP contribution >= 0.6 is 0 Å². The van der Waals surface area contributed by atoms with Gasteiger partial charge in [0.05, 0.1) is 13.0 Å². The Kier molecular flexibility index (Phi) is 4.93. The van der Waals surface area contributed by atoms with Gasteiger partial charge in [-0.05, 0) is 17.7 Å². The Labute approximate surface area is 173 Å². The molecule has 1 aliphatic heterocycles. The van der Waals surface area contributed by atoms with Gasteiger partial charge in [-0.15, -0.1) is 10.2 Å². The molecule has 0 saturated heterocycles. The summed E-state index contributed by atoms with van der Waals surface area (Å²) in [6.07, 6.45) is 3.29. The molecular weight excluding hydrogens is 380 g/mol. The first-order chi connectivity index (χ1) is 14.8. The molecule has 0 bridgehead atoms. The number of aryl methyl sites for hydroxylation is 1. The van der Waals surface area contributed by atoms with Gasteiger partial charge in [0.15, 0.2) is 0 Å². The Bertz CT molecular complexity index is 1180. The van der Waals surface area contributed by atoms with Crippen molar-refractivity contribution in [2.75, 3.05) is 13.2 Å². The topological polar surface area (TPSA) is 84.2 Å². The van der Waals surface area contributed by atoms with E-state index in [1.165, 1.54) is 0 Å². The highest BCUT2D eigenvalue weighted by Crippen LogP contribution is 2.23. The molecule has 1 aliphatic rings. The molecule has 4 aromatic rings. The van der Waals surface area contributed by atoms with E-state index in [4.69, 9.17) is 9.15 Å². The number of fused-ring (bicyclic) bond motifs is 2. The van der Waals surface area contributed by atoms with Gasteiger partial charge in [-0.1, -0.05) is 36.4 Å². The zero-order valence-electron chi connectivity index (χ0n) is 16.5. The van der Waals surface area contributed by atoms with E-state index in [0.717, 1.165) is 27.8 Å². The lowest BCUT2D eigenvalue weighted by molar-refractivity contribution is -0.132. The Hall–Kier alpha value is -3.61. The van der Waals surface area contributed by atoms with Crippen molar-refractivity contribution in [2.45, 2.75) is 25.8 Å². The van der Waals surface area contributed by atoms with Crippen molar-refractivity contribution in [1.82, 2.24) is 20.1 Å². The lowest BCUT2D eigenvalue weighted by Gasteiger charge is -2.19. The molecule has 5 rings (SSSR count). The average molecular weight is 402 g/mol. The number of carbonyl (C=O) groups is 1. The molecule has 1 amide bonds. The predicted molar refractivity (Wildman–Crippen MR) is 111 cm³/mol. The van der Waals surface area contributed by atoms with Crippen molar-refractivity contribution < 1.29 is 13.9 Å². The first kappa shape index (κ1) is 18.4. The summed E-state index contributed by atoms with van der Waals surface area (Å²) in [5.41, 5.74) is 3.23. The van der Waals surface area contributed by atoms with Crippen molar-refractivity contribution in [3.05, 3.63) is 77.6 Å². The summed E-state index contributed by atoms with van der Waals surface area (Å²) < 4.78 is 11.5. The van der Waals surface area contributed by atoms with Crippen LogP contribution in [0.3, 0.4) is 0 Å². The number of rotatable bonds is 5. The minimum atomic E-state index is 0.0617. The number of ether oxygens (including phenoxy) is 1. The van der Waals surface area contributed by atoms with E-state index >= 15 is 0 Å². The molecule has 0 atom stereocenters. The fourth-order valence-corrected chi connectivity index (χ4v) is 3.81. The number of nitrogens with zero attached hydrogens (tertiary/aromatic N) is 3. The van der Waals surface area contributed by atoms with Gasteiger partial charge in [0, 0.05) is 42.0 Å². The smallest absolute Gasteiger partial charge is 0.223 e. The molecule has 7 nitrogen and oxygen atoms in total. The van der Waals surface area contributed by atoms with Crippen LogP contribution in [-0.2, 0) is 24.2 Å². The number of benzene rings is 2. The van der Waals surface area contributed by atoms with E-state index < -0.39 is 0 Å². The van der Waals surface area contributed by atoms with Gasteiger partial charge in [-0.3, -0.25) is 4.79 Å². The summed E-state index contributed by atoms with van der Waals surface area (Å²) in [6.45, 7) is 1.63. The van der Waals surface area contributed by atoms with Crippen molar-refractivity contribution >= 4 is 16.8 Å². The number of aromatic amines is 1. The summed E-state index contributed by atoms with van der Waals surface area (Å²) in [5.74, 6) is 1.96. The van der Waals surface area contributed by atoms with Gasteiger partial charge < -0.3 is 19.0 Å². The summed E-state index contributed by atoms with van der Waals surface area (Å²) in [5, 5.41) is 9.43. The summed E-state index contributed by atoms with van der Waals surface area (Å²) >= 11 is 0. The first-order valence-electron chi connectivity index (χ1n) is 10.1. The van der Waals surface area contributed by atoms with Crippen LogP contribution in [0.5, 0.6) is 5.75 Å². The van der Waals surface area contributed by atoms with Crippen LogP contribution in [0.2, 0.25) is 0 Å². The summed E-state index contributed by atoms with van der Waals surface area (Å²) in [6, 6.07) is 16.0. The molecule has 1 N–H and O–H groups in total. The van der Waals surface area contributed by atoms with Crippen molar-refractivity contribution in [3.8, 4) is 5.75 Å². The second-order valence-corrected chi connectivity index (χ2v) is 7.40.